The highest BCUT2D eigenvalue weighted by Gasteiger charge is 2.20. The van der Waals surface area contributed by atoms with Crippen LogP contribution in [0.4, 0.5) is 0 Å². The molecule has 2 rings (SSSR count). The maximum absolute atomic E-state index is 12.6. The number of nitrogens with one attached hydrogen (secondary N) is 1. The molecule has 0 spiro atoms. The van der Waals surface area contributed by atoms with E-state index in [9.17, 15) is 4.79 Å². The van der Waals surface area contributed by atoms with E-state index in [0.717, 1.165) is 24.9 Å². The van der Waals surface area contributed by atoms with Gasteiger partial charge in [-0.05, 0) is 57.7 Å². The molecular weight excluding hydrogens is 236 g/mol. The quantitative estimate of drug-likeness (QED) is 0.800. The average Bonchev–Trinajstić information content (AvgIpc) is 2.81. The van der Waals surface area contributed by atoms with Crippen molar-refractivity contribution in [2.45, 2.75) is 65.5 Å². The molecule has 0 bridgehead atoms. The van der Waals surface area contributed by atoms with E-state index in [1.54, 1.807) is 0 Å². The van der Waals surface area contributed by atoms with Gasteiger partial charge in [0, 0.05) is 23.8 Å². The van der Waals surface area contributed by atoms with Crippen molar-refractivity contribution in [3.8, 4) is 0 Å². The van der Waals surface area contributed by atoms with Crippen molar-refractivity contribution in [2.75, 3.05) is 6.54 Å². The maximum atomic E-state index is 12.6. The molecule has 0 radical (unpaired) electrons. The normalized spacial score (nSPS) is 14.1. The van der Waals surface area contributed by atoms with Crippen LogP contribution in [0.1, 0.15) is 62.9 Å². The Morgan fingerprint density at radius 3 is 2.84 bits per heavy atom. The first-order chi connectivity index (χ1) is 9.15. The van der Waals surface area contributed by atoms with E-state index >= 15 is 0 Å². The van der Waals surface area contributed by atoms with Crippen molar-refractivity contribution in [3.05, 3.63) is 33.2 Å². The lowest BCUT2D eigenvalue weighted by atomic mass is 10.1. The van der Waals surface area contributed by atoms with Gasteiger partial charge in [-0.3, -0.25) is 4.79 Å². The van der Waals surface area contributed by atoms with Gasteiger partial charge in [-0.25, -0.2) is 0 Å². The Hall–Kier alpha value is -1.09. The Bertz CT molecular complexity index is 488. The number of nitrogens with zero attached hydrogens (tertiary/aromatic N) is 1. The fourth-order valence-corrected chi connectivity index (χ4v) is 2.93. The molecule has 1 N–H and O–H groups in total. The van der Waals surface area contributed by atoms with Crippen molar-refractivity contribution < 1.29 is 0 Å². The summed E-state index contributed by atoms with van der Waals surface area (Å²) < 4.78 is 2.01. The molecule has 0 fully saturated rings. The molecule has 0 amide bonds. The van der Waals surface area contributed by atoms with Gasteiger partial charge in [-0.2, -0.15) is 0 Å². The summed E-state index contributed by atoms with van der Waals surface area (Å²) >= 11 is 0. The van der Waals surface area contributed by atoms with Crippen LogP contribution in [0, 0.1) is 0 Å². The standard InChI is InChI=1S/C16H26N2O/c1-4-5-9-17-11-14-10-13-7-6-8-15(13)18(12(2)3)16(14)19/h10,12,17H,4-9,11H2,1-3H3. The van der Waals surface area contributed by atoms with Crippen LogP contribution in [0.15, 0.2) is 10.9 Å². The Morgan fingerprint density at radius 2 is 2.16 bits per heavy atom. The second kappa shape index (κ2) is 6.38. The minimum Gasteiger partial charge on any atom is -0.312 e. The molecule has 0 saturated heterocycles. The number of hydrogen-bond acceptors (Lipinski definition) is 2. The molecule has 3 heteroatoms. The van der Waals surface area contributed by atoms with Gasteiger partial charge in [0.2, 0.25) is 0 Å². The first kappa shape index (κ1) is 14.3. The van der Waals surface area contributed by atoms with Gasteiger partial charge in [-0.1, -0.05) is 13.3 Å². The lowest BCUT2D eigenvalue weighted by Crippen LogP contribution is -2.31. The molecule has 1 aliphatic rings. The molecule has 1 heterocycles. The van der Waals surface area contributed by atoms with Crippen LogP contribution in [0.3, 0.4) is 0 Å². The summed E-state index contributed by atoms with van der Waals surface area (Å²) in [6, 6.07) is 2.40. The first-order valence-electron chi connectivity index (χ1n) is 7.62. The van der Waals surface area contributed by atoms with E-state index in [2.05, 4.69) is 32.2 Å². The van der Waals surface area contributed by atoms with E-state index in [-0.39, 0.29) is 11.6 Å². The van der Waals surface area contributed by atoms with Gasteiger partial charge in [0.1, 0.15) is 0 Å². The van der Waals surface area contributed by atoms with Gasteiger partial charge in [0.05, 0.1) is 0 Å². The number of fused-ring (bicyclic) bond motifs is 1. The summed E-state index contributed by atoms with van der Waals surface area (Å²) in [6.45, 7) is 8.10. The second-order valence-corrected chi connectivity index (χ2v) is 5.79. The van der Waals surface area contributed by atoms with Crippen molar-refractivity contribution in [2.24, 2.45) is 0 Å². The average molecular weight is 262 g/mol. The van der Waals surface area contributed by atoms with Crippen LogP contribution < -0.4 is 10.9 Å². The zero-order chi connectivity index (χ0) is 13.8. The molecule has 0 atom stereocenters. The Balaban J connectivity index is 2.25. The molecule has 3 nitrogen and oxygen atoms in total. The molecular formula is C16H26N2O. The third-order valence-electron chi connectivity index (χ3n) is 3.90. The smallest absolute Gasteiger partial charge is 0.255 e. The number of pyridine rings is 1. The molecule has 0 aromatic carbocycles. The molecule has 0 saturated carbocycles. The number of unbranched alkanes of at least 4 members (excludes halogenated alkanes) is 1. The van der Waals surface area contributed by atoms with Crippen LogP contribution in [0.25, 0.3) is 0 Å². The Labute approximate surface area is 116 Å². The third-order valence-corrected chi connectivity index (χ3v) is 3.90. The zero-order valence-corrected chi connectivity index (χ0v) is 12.5. The first-order valence-corrected chi connectivity index (χ1v) is 7.62. The molecule has 1 aliphatic carbocycles. The molecule has 0 aliphatic heterocycles. The van der Waals surface area contributed by atoms with Crippen LogP contribution in [-0.4, -0.2) is 11.1 Å². The lowest BCUT2D eigenvalue weighted by molar-refractivity contribution is 0.543. The minimum absolute atomic E-state index is 0.208. The van der Waals surface area contributed by atoms with E-state index in [1.807, 2.05) is 4.57 Å². The summed E-state index contributed by atoms with van der Waals surface area (Å²) in [5.41, 5.74) is 3.81. The maximum Gasteiger partial charge on any atom is 0.255 e. The van der Waals surface area contributed by atoms with Crippen LogP contribution >= 0.6 is 0 Å². The summed E-state index contributed by atoms with van der Waals surface area (Å²) in [7, 11) is 0. The van der Waals surface area contributed by atoms with Crippen molar-refractivity contribution in [3.63, 3.8) is 0 Å². The fourth-order valence-electron chi connectivity index (χ4n) is 2.93. The Morgan fingerprint density at radius 1 is 1.37 bits per heavy atom. The third kappa shape index (κ3) is 3.08. The monoisotopic (exact) mass is 262 g/mol. The predicted octanol–water partition coefficient (Wildman–Crippen LogP) is 2.81. The van der Waals surface area contributed by atoms with Crippen molar-refractivity contribution >= 4 is 0 Å². The minimum atomic E-state index is 0.208. The summed E-state index contributed by atoms with van der Waals surface area (Å²) in [5, 5.41) is 3.39. The van der Waals surface area contributed by atoms with Crippen LogP contribution in [0.5, 0.6) is 0 Å². The largest absolute Gasteiger partial charge is 0.312 e. The summed E-state index contributed by atoms with van der Waals surface area (Å²) in [6.07, 6.45) is 5.74. The number of hydrogen-bond donors (Lipinski definition) is 1. The van der Waals surface area contributed by atoms with Crippen molar-refractivity contribution in [1.82, 2.24) is 9.88 Å². The molecule has 0 unspecified atom stereocenters. The van der Waals surface area contributed by atoms with Gasteiger partial charge >= 0.3 is 0 Å². The fraction of sp³-hybridized carbons (Fsp3) is 0.688. The summed E-state index contributed by atoms with van der Waals surface area (Å²) in [5.74, 6) is 0. The van der Waals surface area contributed by atoms with Gasteiger partial charge < -0.3 is 9.88 Å². The number of rotatable bonds is 6. The van der Waals surface area contributed by atoms with E-state index in [0.29, 0.717) is 6.54 Å². The topological polar surface area (TPSA) is 34.0 Å². The van der Waals surface area contributed by atoms with Gasteiger partial charge in [0.25, 0.3) is 5.56 Å². The van der Waals surface area contributed by atoms with E-state index < -0.39 is 0 Å². The number of aryl methyl sites for hydroxylation is 1. The highest BCUT2D eigenvalue weighted by atomic mass is 16.1. The Kier molecular flexibility index (Phi) is 4.81. The summed E-state index contributed by atoms with van der Waals surface area (Å²) in [4.78, 5) is 12.6. The van der Waals surface area contributed by atoms with E-state index in [4.69, 9.17) is 0 Å². The van der Waals surface area contributed by atoms with Gasteiger partial charge in [0.15, 0.2) is 0 Å². The van der Waals surface area contributed by atoms with E-state index in [1.165, 1.54) is 30.5 Å². The zero-order valence-electron chi connectivity index (χ0n) is 12.5. The second-order valence-electron chi connectivity index (χ2n) is 5.79. The van der Waals surface area contributed by atoms with Gasteiger partial charge in [-0.15, -0.1) is 0 Å². The predicted molar refractivity (Wildman–Crippen MR) is 79.7 cm³/mol. The van der Waals surface area contributed by atoms with Crippen LogP contribution in [-0.2, 0) is 19.4 Å². The molecule has 19 heavy (non-hydrogen) atoms. The number of aromatic nitrogens is 1. The molecule has 106 valence electrons. The van der Waals surface area contributed by atoms with Crippen molar-refractivity contribution in [1.29, 1.82) is 0 Å². The highest BCUT2D eigenvalue weighted by Crippen LogP contribution is 2.23. The highest BCUT2D eigenvalue weighted by molar-refractivity contribution is 5.31. The molecule has 1 aromatic heterocycles. The lowest BCUT2D eigenvalue weighted by Gasteiger charge is -2.18. The molecule has 1 aromatic rings. The van der Waals surface area contributed by atoms with Crippen LogP contribution in [0.2, 0.25) is 0 Å². The SMILES string of the molecule is CCCCNCc1cc2c(n(C(C)C)c1=O)CCC2.